The van der Waals surface area contributed by atoms with Crippen LogP contribution in [0.15, 0.2) is 42.9 Å². The summed E-state index contributed by atoms with van der Waals surface area (Å²) in [5.41, 5.74) is 2.36. The van der Waals surface area contributed by atoms with Crippen LogP contribution < -0.4 is 5.32 Å². The smallest absolute Gasteiger partial charge is 0.272 e. The molecule has 1 atom stereocenters. The molecule has 1 fully saturated rings. The number of aromatic nitrogens is 4. The summed E-state index contributed by atoms with van der Waals surface area (Å²) in [4.78, 5) is 34.8. The molecule has 0 radical (unpaired) electrons. The molecule has 26 heavy (non-hydrogen) atoms. The second-order valence-electron chi connectivity index (χ2n) is 6.19. The summed E-state index contributed by atoms with van der Waals surface area (Å²) in [5, 5.41) is 6.93. The number of carbonyl (C=O) groups is 2. The fourth-order valence-electron chi connectivity index (χ4n) is 3.35. The van der Waals surface area contributed by atoms with Crippen LogP contribution in [-0.4, -0.2) is 56.4 Å². The lowest BCUT2D eigenvalue weighted by atomic mass is 10.0. The third-order valence-corrected chi connectivity index (χ3v) is 4.68. The summed E-state index contributed by atoms with van der Waals surface area (Å²) in [6.45, 7) is 1.25. The highest BCUT2D eigenvalue weighted by Crippen LogP contribution is 2.28. The number of rotatable bonds is 3. The number of hydrogen-bond donors (Lipinski definition) is 1. The predicted octanol–water partition coefficient (Wildman–Crippen LogP) is 1.11. The van der Waals surface area contributed by atoms with Gasteiger partial charge in [-0.15, -0.1) is 0 Å². The van der Waals surface area contributed by atoms with Crippen LogP contribution in [0.25, 0.3) is 5.65 Å². The van der Waals surface area contributed by atoms with E-state index in [9.17, 15) is 9.59 Å². The van der Waals surface area contributed by atoms with Crippen LogP contribution in [0.4, 0.5) is 0 Å². The SMILES string of the molecule is CNC(=O)c1cnn2c(C3CCN(C(=O)c4ccccn4)C3)ccnc12. The number of fused-ring (bicyclic) bond motifs is 1. The van der Waals surface area contributed by atoms with Gasteiger partial charge in [-0.05, 0) is 24.6 Å². The fraction of sp³-hybridized carbons (Fsp3) is 0.278. The van der Waals surface area contributed by atoms with E-state index in [1.165, 1.54) is 6.20 Å². The van der Waals surface area contributed by atoms with Crippen molar-refractivity contribution in [1.29, 1.82) is 0 Å². The molecule has 0 spiro atoms. The quantitative estimate of drug-likeness (QED) is 0.764. The first-order valence-corrected chi connectivity index (χ1v) is 8.44. The van der Waals surface area contributed by atoms with E-state index in [1.54, 1.807) is 36.1 Å². The van der Waals surface area contributed by atoms with Gasteiger partial charge in [0.15, 0.2) is 5.65 Å². The third-order valence-electron chi connectivity index (χ3n) is 4.68. The maximum atomic E-state index is 12.6. The Morgan fingerprint density at radius 1 is 1.19 bits per heavy atom. The first-order valence-electron chi connectivity index (χ1n) is 8.44. The largest absolute Gasteiger partial charge is 0.355 e. The number of nitrogens with one attached hydrogen (secondary N) is 1. The Bertz CT molecular complexity index is 968. The van der Waals surface area contributed by atoms with Gasteiger partial charge in [0.2, 0.25) is 0 Å². The first-order chi connectivity index (χ1) is 12.7. The summed E-state index contributed by atoms with van der Waals surface area (Å²) in [6, 6.07) is 7.22. The molecule has 1 unspecified atom stereocenters. The van der Waals surface area contributed by atoms with Gasteiger partial charge in [-0.25, -0.2) is 9.50 Å². The molecule has 4 rings (SSSR count). The van der Waals surface area contributed by atoms with Crippen LogP contribution in [0.3, 0.4) is 0 Å². The molecule has 8 nitrogen and oxygen atoms in total. The van der Waals surface area contributed by atoms with Gasteiger partial charge in [-0.3, -0.25) is 14.6 Å². The van der Waals surface area contributed by atoms with E-state index in [2.05, 4.69) is 20.4 Å². The van der Waals surface area contributed by atoms with E-state index in [4.69, 9.17) is 0 Å². The molecule has 132 valence electrons. The molecule has 1 saturated heterocycles. The van der Waals surface area contributed by atoms with E-state index in [1.807, 2.05) is 17.0 Å². The molecule has 0 saturated carbocycles. The second kappa shape index (κ2) is 6.55. The Labute approximate surface area is 149 Å². The van der Waals surface area contributed by atoms with Crippen molar-refractivity contribution < 1.29 is 9.59 Å². The Hall–Kier alpha value is -3.29. The van der Waals surface area contributed by atoms with Gasteiger partial charge in [0.05, 0.1) is 11.9 Å². The van der Waals surface area contributed by atoms with Gasteiger partial charge >= 0.3 is 0 Å². The van der Waals surface area contributed by atoms with Crippen LogP contribution >= 0.6 is 0 Å². The number of nitrogens with zero attached hydrogens (tertiary/aromatic N) is 5. The highest BCUT2D eigenvalue weighted by Gasteiger charge is 2.30. The first kappa shape index (κ1) is 16.2. The number of pyridine rings is 1. The molecular weight excluding hydrogens is 332 g/mol. The Balaban J connectivity index is 1.60. The maximum Gasteiger partial charge on any atom is 0.272 e. The van der Waals surface area contributed by atoms with Crippen molar-refractivity contribution in [1.82, 2.24) is 29.8 Å². The molecule has 1 aliphatic rings. The summed E-state index contributed by atoms with van der Waals surface area (Å²) in [5.74, 6) is -0.154. The van der Waals surface area contributed by atoms with E-state index < -0.39 is 0 Å². The molecule has 1 aliphatic heterocycles. The number of hydrogen-bond acceptors (Lipinski definition) is 5. The number of likely N-dealkylation sites (tertiary alicyclic amines) is 1. The Morgan fingerprint density at radius 3 is 2.85 bits per heavy atom. The van der Waals surface area contributed by atoms with E-state index in [0.717, 1.165) is 12.1 Å². The predicted molar refractivity (Wildman–Crippen MR) is 93.9 cm³/mol. The average Bonchev–Trinajstić information content (AvgIpc) is 3.34. The van der Waals surface area contributed by atoms with Crippen molar-refractivity contribution in [3.63, 3.8) is 0 Å². The van der Waals surface area contributed by atoms with Crippen molar-refractivity contribution in [2.45, 2.75) is 12.3 Å². The molecule has 1 N–H and O–H groups in total. The topological polar surface area (TPSA) is 92.5 Å². The molecular formula is C18H18N6O2. The van der Waals surface area contributed by atoms with Gasteiger partial charge in [0.1, 0.15) is 11.3 Å². The maximum absolute atomic E-state index is 12.6. The minimum absolute atomic E-state index is 0.0649. The summed E-state index contributed by atoms with van der Waals surface area (Å²) in [7, 11) is 1.58. The highest BCUT2D eigenvalue weighted by atomic mass is 16.2. The summed E-state index contributed by atoms with van der Waals surface area (Å²) < 4.78 is 1.70. The molecule has 3 aromatic rings. The molecule has 2 amide bonds. The molecule has 0 bridgehead atoms. The van der Waals surface area contributed by atoms with Gasteiger partial charge < -0.3 is 10.2 Å². The van der Waals surface area contributed by atoms with Gasteiger partial charge in [0.25, 0.3) is 11.8 Å². The van der Waals surface area contributed by atoms with Crippen LogP contribution in [0, 0.1) is 0 Å². The standard InChI is InChI=1S/C18H18N6O2/c1-19-17(25)13-10-22-24-15(5-8-21-16(13)24)12-6-9-23(11-12)18(26)14-4-2-3-7-20-14/h2-5,7-8,10,12H,6,9,11H2,1H3,(H,19,25). The molecule has 0 aliphatic carbocycles. The zero-order valence-electron chi connectivity index (χ0n) is 14.3. The second-order valence-corrected chi connectivity index (χ2v) is 6.19. The minimum Gasteiger partial charge on any atom is -0.355 e. The van der Waals surface area contributed by atoms with Crippen LogP contribution in [0.5, 0.6) is 0 Å². The fourth-order valence-corrected chi connectivity index (χ4v) is 3.35. The van der Waals surface area contributed by atoms with Crippen LogP contribution in [0.2, 0.25) is 0 Å². The van der Waals surface area contributed by atoms with Crippen molar-refractivity contribution >= 4 is 17.5 Å². The highest BCUT2D eigenvalue weighted by molar-refractivity contribution is 5.99. The van der Waals surface area contributed by atoms with E-state index >= 15 is 0 Å². The number of amides is 2. The lowest BCUT2D eigenvalue weighted by molar-refractivity contribution is 0.0784. The van der Waals surface area contributed by atoms with Gasteiger partial charge in [-0.1, -0.05) is 6.07 Å². The molecule has 0 aromatic carbocycles. The van der Waals surface area contributed by atoms with E-state index in [-0.39, 0.29) is 17.7 Å². The van der Waals surface area contributed by atoms with Crippen molar-refractivity contribution in [3.8, 4) is 0 Å². The normalized spacial score (nSPS) is 16.8. The van der Waals surface area contributed by atoms with Crippen molar-refractivity contribution in [2.24, 2.45) is 0 Å². The minimum atomic E-state index is -0.219. The summed E-state index contributed by atoms with van der Waals surface area (Å²) >= 11 is 0. The number of carbonyl (C=O) groups excluding carboxylic acids is 2. The zero-order chi connectivity index (χ0) is 18.1. The Kier molecular flexibility index (Phi) is 4.08. The monoisotopic (exact) mass is 350 g/mol. The molecule has 8 heteroatoms. The van der Waals surface area contributed by atoms with E-state index in [0.29, 0.717) is 30.0 Å². The van der Waals surface area contributed by atoms with Gasteiger partial charge in [-0.2, -0.15) is 5.10 Å². The lowest BCUT2D eigenvalue weighted by Crippen LogP contribution is -2.29. The lowest BCUT2D eigenvalue weighted by Gasteiger charge is -2.16. The average molecular weight is 350 g/mol. The van der Waals surface area contributed by atoms with Crippen LogP contribution in [-0.2, 0) is 0 Å². The third kappa shape index (κ3) is 2.69. The molecule has 3 aromatic heterocycles. The van der Waals surface area contributed by atoms with Crippen molar-refractivity contribution in [3.05, 3.63) is 59.8 Å². The van der Waals surface area contributed by atoms with Crippen molar-refractivity contribution in [2.75, 3.05) is 20.1 Å². The van der Waals surface area contributed by atoms with Crippen LogP contribution in [0.1, 0.15) is 38.9 Å². The molecule has 4 heterocycles. The Morgan fingerprint density at radius 2 is 2.08 bits per heavy atom. The zero-order valence-corrected chi connectivity index (χ0v) is 14.3. The summed E-state index contributed by atoms with van der Waals surface area (Å²) in [6.07, 6.45) is 5.66. The van der Waals surface area contributed by atoms with Gasteiger partial charge in [0, 0.05) is 38.4 Å².